The van der Waals surface area contributed by atoms with Crippen molar-refractivity contribution >= 4 is 23.2 Å². The third kappa shape index (κ3) is 2.00. The average molecular weight is 227 g/mol. The van der Waals surface area contributed by atoms with Gasteiger partial charge < -0.3 is 10.6 Å². The lowest BCUT2D eigenvalue weighted by molar-refractivity contribution is 0.568. The van der Waals surface area contributed by atoms with E-state index in [0.29, 0.717) is 10.8 Å². The minimum atomic E-state index is 0.363. The highest BCUT2D eigenvalue weighted by Crippen LogP contribution is 2.31. The molecule has 2 N–H and O–H groups in total. The Labute approximate surface area is 94.5 Å². The predicted octanol–water partition coefficient (Wildman–Crippen LogP) is 1.95. The molecule has 1 unspecified atom stereocenters. The number of rotatable bonds is 2. The molecule has 0 bridgehead atoms. The molecular weight excluding hydrogens is 212 g/mol. The van der Waals surface area contributed by atoms with Crippen molar-refractivity contribution in [3.63, 3.8) is 0 Å². The van der Waals surface area contributed by atoms with Gasteiger partial charge in [0.05, 0.1) is 0 Å². The lowest BCUT2D eigenvalue weighted by Crippen LogP contribution is -2.21. The number of hydrogen-bond acceptors (Lipinski definition) is 4. The van der Waals surface area contributed by atoms with Crippen LogP contribution in [0.3, 0.4) is 0 Å². The number of aromatic nitrogens is 2. The first-order valence-corrected chi connectivity index (χ1v) is 5.61. The standard InChI is InChI=1S/C10H15ClN4/c1-2-7-3-4-15(5-7)10-8(11)9(12)13-6-14-10/h6-7H,2-5H2,1H3,(H2,12,13,14). The topological polar surface area (TPSA) is 55.0 Å². The summed E-state index contributed by atoms with van der Waals surface area (Å²) in [5.74, 6) is 1.89. The van der Waals surface area contributed by atoms with Crippen LogP contribution in [0.5, 0.6) is 0 Å². The van der Waals surface area contributed by atoms with Gasteiger partial charge >= 0.3 is 0 Å². The van der Waals surface area contributed by atoms with E-state index in [1.807, 2.05) is 0 Å². The largest absolute Gasteiger partial charge is 0.382 e. The predicted molar refractivity (Wildman–Crippen MR) is 62.1 cm³/mol. The van der Waals surface area contributed by atoms with Crippen LogP contribution in [-0.2, 0) is 0 Å². The van der Waals surface area contributed by atoms with E-state index in [4.69, 9.17) is 17.3 Å². The fourth-order valence-corrected chi connectivity index (χ4v) is 2.17. The molecule has 1 aliphatic rings. The van der Waals surface area contributed by atoms with Crippen LogP contribution in [0.4, 0.5) is 11.6 Å². The second-order valence-corrected chi connectivity index (χ2v) is 4.28. The molecule has 1 aromatic rings. The van der Waals surface area contributed by atoms with Gasteiger partial charge in [-0.1, -0.05) is 24.9 Å². The van der Waals surface area contributed by atoms with Crippen molar-refractivity contribution < 1.29 is 0 Å². The van der Waals surface area contributed by atoms with Crippen molar-refractivity contribution in [3.8, 4) is 0 Å². The lowest BCUT2D eigenvalue weighted by atomic mass is 10.1. The fraction of sp³-hybridized carbons (Fsp3) is 0.600. The highest BCUT2D eigenvalue weighted by atomic mass is 35.5. The number of hydrogen-bond donors (Lipinski definition) is 1. The maximum Gasteiger partial charge on any atom is 0.153 e. The van der Waals surface area contributed by atoms with Crippen LogP contribution in [0.1, 0.15) is 19.8 Å². The molecule has 82 valence electrons. The van der Waals surface area contributed by atoms with Crippen LogP contribution >= 0.6 is 11.6 Å². The Balaban J connectivity index is 2.20. The molecule has 5 heteroatoms. The summed E-state index contributed by atoms with van der Waals surface area (Å²) in [4.78, 5) is 10.2. The van der Waals surface area contributed by atoms with Crippen LogP contribution in [0.2, 0.25) is 5.02 Å². The molecule has 0 spiro atoms. The summed E-state index contributed by atoms with van der Waals surface area (Å²) in [6.45, 7) is 4.24. The van der Waals surface area contributed by atoms with E-state index in [1.165, 1.54) is 19.2 Å². The normalized spacial score (nSPS) is 20.9. The number of nitrogens with zero attached hydrogens (tertiary/aromatic N) is 3. The van der Waals surface area contributed by atoms with Crippen molar-refractivity contribution in [3.05, 3.63) is 11.3 Å². The first kappa shape index (κ1) is 10.5. The van der Waals surface area contributed by atoms with E-state index >= 15 is 0 Å². The summed E-state index contributed by atoms with van der Waals surface area (Å²) >= 11 is 6.07. The minimum Gasteiger partial charge on any atom is -0.382 e. The van der Waals surface area contributed by atoms with Gasteiger partial charge in [-0.25, -0.2) is 9.97 Å². The van der Waals surface area contributed by atoms with E-state index in [1.54, 1.807) is 0 Å². The molecule has 2 heterocycles. The summed E-state index contributed by atoms with van der Waals surface area (Å²) in [5.41, 5.74) is 5.65. The molecule has 1 aromatic heterocycles. The van der Waals surface area contributed by atoms with E-state index in [-0.39, 0.29) is 0 Å². The first-order valence-electron chi connectivity index (χ1n) is 5.23. The van der Waals surface area contributed by atoms with Gasteiger partial charge in [-0.3, -0.25) is 0 Å². The Kier molecular flexibility index (Phi) is 2.95. The summed E-state index contributed by atoms with van der Waals surface area (Å²) in [6.07, 6.45) is 3.88. The fourth-order valence-electron chi connectivity index (χ4n) is 1.95. The molecule has 0 amide bonds. The van der Waals surface area contributed by atoms with E-state index in [0.717, 1.165) is 24.8 Å². The van der Waals surface area contributed by atoms with Crippen LogP contribution in [0.15, 0.2) is 6.33 Å². The van der Waals surface area contributed by atoms with Crippen LogP contribution in [0, 0.1) is 5.92 Å². The Bertz CT molecular complexity index is 355. The second kappa shape index (κ2) is 4.23. The Morgan fingerprint density at radius 2 is 2.40 bits per heavy atom. The monoisotopic (exact) mass is 226 g/mol. The molecule has 15 heavy (non-hydrogen) atoms. The van der Waals surface area contributed by atoms with Crippen LogP contribution in [-0.4, -0.2) is 23.1 Å². The lowest BCUT2D eigenvalue weighted by Gasteiger charge is -2.18. The van der Waals surface area contributed by atoms with E-state index < -0.39 is 0 Å². The Morgan fingerprint density at radius 1 is 1.60 bits per heavy atom. The van der Waals surface area contributed by atoms with Gasteiger partial charge in [-0.05, 0) is 12.3 Å². The second-order valence-electron chi connectivity index (χ2n) is 3.91. The van der Waals surface area contributed by atoms with Gasteiger partial charge in [0.1, 0.15) is 17.2 Å². The molecule has 2 rings (SSSR count). The summed E-state index contributed by atoms with van der Waals surface area (Å²) in [5, 5.41) is 0.481. The van der Waals surface area contributed by atoms with E-state index in [2.05, 4.69) is 21.8 Å². The van der Waals surface area contributed by atoms with Crippen molar-refractivity contribution in [1.29, 1.82) is 0 Å². The summed E-state index contributed by atoms with van der Waals surface area (Å²) in [6, 6.07) is 0. The zero-order chi connectivity index (χ0) is 10.8. The third-order valence-corrected chi connectivity index (χ3v) is 3.32. The van der Waals surface area contributed by atoms with Gasteiger partial charge in [0.2, 0.25) is 0 Å². The van der Waals surface area contributed by atoms with Crippen LogP contribution < -0.4 is 10.6 Å². The molecule has 1 fully saturated rings. The maximum absolute atomic E-state index is 6.07. The van der Waals surface area contributed by atoms with Gasteiger partial charge in [0.15, 0.2) is 5.82 Å². The summed E-state index contributed by atoms with van der Waals surface area (Å²) in [7, 11) is 0. The van der Waals surface area contributed by atoms with Crippen molar-refractivity contribution in [2.24, 2.45) is 5.92 Å². The molecule has 1 aliphatic heterocycles. The molecule has 0 aromatic carbocycles. The number of halogens is 1. The first-order chi connectivity index (χ1) is 7.22. The molecule has 0 aliphatic carbocycles. The van der Waals surface area contributed by atoms with Gasteiger partial charge in [0, 0.05) is 13.1 Å². The molecule has 4 nitrogen and oxygen atoms in total. The number of nitrogen functional groups attached to an aromatic ring is 1. The van der Waals surface area contributed by atoms with Crippen molar-refractivity contribution in [1.82, 2.24) is 9.97 Å². The van der Waals surface area contributed by atoms with Gasteiger partial charge in [-0.2, -0.15) is 0 Å². The third-order valence-electron chi connectivity index (χ3n) is 2.96. The molecule has 1 atom stereocenters. The Hall–Kier alpha value is -1.03. The molecule has 0 saturated carbocycles. The SMILES string of the molecule is CCC1CCN(c2ncnc(N)c2Cl)C1. The molecule has 0 radical (unpaired) electrons. The zero-order valence-corrected chi connectivity index (χ0v) is 9.54. The van der Waals surface area contributed by atoms with Gasteiger partial charge in [-0.15, -0.1) is 0 Å². The number of anilines is 2. The maximum atomic E-state index is 6.07. The Morgan fingerprint density at radius 3 is 3.07 bits per heavy atom. The van der Waals surface area contributed by atoms with Crippen molar-refractivity contribution in [2.45, 2.75) is 19.8 Å². The van der Waals surface area contributed by atoms with Crippen molar-refractivity contribution in [2.75, 3.05) is 23.7 Å². The zero-order valence-electron chi connectivity index (χ0n) is 8.78. The molecular formula is C10H15ClN4. The van der Waals surface area contributed by atoms with Gasteiger partial charge in [0.25, 0.3) is 0 Å². The molecule has 1 saturated heterocycles. The average Bonchev–Trinajstić information content (AvgIpc) is 2.70. The van der Waals surface area contributed by atoms with Crippen LogP contribution in [0.25, 0.3) is 0 Å². The smallest absolute Gasteiger partial charge is 0.153 e. The number of nitrogens with two attached hydrogens (primary N) is 1. The minimum absolute atomic E-state index is 0.363. The van der Waals surface area contributed by atoms with E-state index in [9.17, 15) is 0 Å². The quantitative estimate of drug-likeness (QED) is 0.838. The highest BCUT2D eigenvalue weighted by Gasteiger charge is 2.24. The summed E-state index contributed by atoms with van der Waals surface area (Å²) < 4.78 is 0. The highest BCUT2D eigenvalue weighted by molar-refractivity contribution is 6.35.